The highest BCUT2D eigenvalue weighted by atomic mass is 32.1. The van der Waals surface area contributed by atoms with E-state index in [-0.39, 0.29) is 42.9 Å². The third kappa shape index (κ3) is 4.72. The van der Waals surface area contributed by atoms with Crippen LogP contribution in [0.3, 0.4) is 0 Å². The number of nitrogens with one attached hydrogen (secondary N) is 2. The van der Waals surface area contributed by atoms with Gasteiger partial charge in [0.2, 0.25) is 0 Å². The number of rotatable bonds is 8. The monoisotopic (exact) mass is 391 g/mol. The molecular weight excluding hydrogens is 378 g/mol. The molecule has 3 aromatic rings. The van der Waals surface area contributed by atoms with E-state index in [9.17, 15) is 19.7 Å². The Morgan fingerprint density at radius 1 is 1.30 bits per heavy atom. The number of amides is 2. The zero-order chi connectivity index (χ0) is 19.2. The second kappa shape index (κ2) is 8.18. The Balaban J connectivity index is 1.45. The van der Waals surface area contributed by atoms with Crippen LogP contribution in [0.4, 0.5) is 5.69 Å². The number of nitro groups is 1. The first-order chi connectivity index (χ1) is 13.0. The van der Waals surface area contributed by atoms with Crippen molar-refractivity contribution in [2.45, 2.75) is 6.54 Å². The van der Waals surface area contributed by atoms with Crippen molar-refractivity contribution in [3.05, 3.63) is 56.6 Å². The van der Waals surface area contributed by atoms with Gasteiger partial charge in [0.05, 0.1) is 9.80 Å². The van der Waals surface area contributed by atoms with Crippen LogP contribution >= 0.6 is 11.3 Å². The van der Waals surface area contributed by atoms with Gasteiger partial charge in [-0.1, -0.05) is 11.2 Å². The van der Waals surface area contributed by atoms with Gasteiger partial charge in [0.15, 0.2) is 5.82 Å². The summed E-state index contributed by atoms with van der Waals surface area (Å²) in [4.78, 5) is 38.2. The molecule has 3 rings (SSSR count). The van der Waals surface area contributed by atoms with Crippen LogP contribution in [-0.4, -0.2) is 49.7 Å². The first-order valence-electron chi connectivity index (χ1n) is 7.62. The molecule has 0 unspecified atom stereocenters. The van der Waals surface area contributed by atoms with Gasteiger partial charge in [0.1, 0.15) is 18.9 Å². The Labute approximate surface area is 155 Å². The fourth-order valence-electron chi connectivity index (χ4n) is 2.01. The van der Waals surface area contributed by atoms with Crippen molar-refractivity contribution in [1.29, 1.82) is 0 Å². The highest BCUT2D eigenvalue weighted by molar-refractivity contribution is 7.12. The van der Waals surface area contributed by atoms with E-state index in [2.05, 4.69) is 25.9 Å². The number of hydrogen-bond acceptors (Lipinski definition) is 9. The number of hydrogen-bond donors (Lipinski definition) is 2. The maximum Gasteiger partial charge on any atom is 0.316 e. The zero-order valence-corrected chi connectivity index (χ0v) is 14.5. The molecule has 3 aromatic heterocycles. The summed E-state index contributed by atoms with van der Waals surface area (Å²) in [5, 5.41) is 25.0. The maximum atomic E-state index is 11.9. The molecule has 0 bridgehead atoms. The second-order valence-electron chi connectivity index (χ2n) is 5.16. The summed E-state index contributed by atoms with van der Waals surface area (Å²) < 4.78 is 6.11. The molecule has 0 atom stereocenters. The van der Waals surface area contributed by atoms with Crippen LogP contribution in [-0.2, 0) is 6.54 Å². The molecule has 2 amide bonds. The quantitative estimate of drug-likeness (QED) is 0.318. The van der Waals surface area contributed by atoms with Gasteiger partial charge in [0.25, 0.3) is 5.91 Å². The fourth-order valence-corrected chi connectivity index (χ4v) is 2.65. The van der Waals surface area contributed by atoms with E-state index >= 15 is 0 Å². The Kier molecular flexibility index (Phi) is 5.51. The van der Waals surface area contributed by atoms with Crippen LogP contribution in [0.15, 0.2) is 34.4 Å². The maximum absolute atomic E-state index is 11.9. The topological polar surface area (TPSA) is 158 Å². The third-order valence-electron chi connectivity index (χ3n) is 3.24. The number of carbonyl (C=O) groups is 2. The minimum atomic E-state index is -0.592. The van der Waals surface area contributed by atoms with E-state index in [0.29, 0.717) is 4.88 Å². The van der Waals surface area contributed by atoms with E-state index in [4.69, 9.17) is 4.52 Å². The molecule has 2 N–H and O–H groups in total. The minimum Gasteiger partial charge on any atom is -0.350 e. The standard InChI is InChI=1S/C14H13N7O5S/c22-12(10-2-1-5-27-10)15-3-4-16-13(23)14-18-11(19-26-14)8-20-7-9(6-17-20)21(24)25/h1-2,5-7H,3-4,8H2,(H,15,22)(H,16,23). The van der Waals surface area contributed by atoms with Gasteiger partial charge in [-0.3, -0.25) is 24.4 Å². The van der Waals surface area contributed by atoms with Crippen molar-refractivity contribution in [2.75, 3.05) is 13.1 Å². The van der Waals surface area contributed by atoms with E-state index in [1.165, 1.54) is 22.2 Å². The lowest BCUT2D eigenvalue weighted by molar-refractivity contribution is -0.385. The van der Waals surface area contributed by atoms with Gasteiger partial charge in [-0.2, -0.15) is 10.1 Å². The summed E-state index contributed by atoms with van der Waals surface area (Å²) in [6, 6.07) is 3.47. The molecule has 0 radical (unpaired) electrons. The van der Waals surface area contributed by atoms with Crippen molar-refractivity contribution in [2.24, 2.45) is 0 Å². The van der Waals surface area contributed by atoms with E-state index in [1.807, 2.05) is 0 Å². The molecule has 27 heavy (non-hydrogen) atoms. The Bertz CT molecular complexity index is 949. The molecule has 3 heterocycles. The molecular formula is C14H13N7O5S. The minimum absolute atomic E-state index is 0.0154. The number of carbonyl (C=O) groups excluding carboxylic acids is 2. The molecule has 0 aliphatic rings. The van der Waals surface area contributed by atoms with E-state index in [1.54, 1.807) is 17.5 Å². The molecule has 140 valence electrons. The summed E-state index contributed by atoms with van der Waals surface area (Å²) in [5.41, 5.74) is -0.166. The number of nitrogens with zero attached hydrogens (tertiary/aromatic N) is 5. The highest BCUT2D eigenvalue weighted by Crippen LogP contribution is 2.09. The van der Waals surface area contributed by atoms with Crippen molar-refractivity contribution in [1.82, 2.24) is 30.6 Å². The molecule has 13 heteroatoms. The van der Waals surface area contributed by atoms with Crippen LogP contribution in [0.5, 0.6) is 0 Å². The van der Waals surface area contributed by atoms with Gasteiger partial charge in [-0.25, -0.2) is 0 Å². The SMILES string of the molecule is O=C(NCCNC(=O)c1cccs1)c1nc(Cn2cc([N+](=O)[O-])cn2)no1. The molecule has 0 aromatic carbocycles. The fraction of sp³-hybridized carbons (Fsp3) is 0.214. The van der Waals surface area contributed by atoms with Gasteiger partial charge >= 0.3 is 17.5 Å². The van der Waals surface area contributed by atoms with E-state index in [0.717, 1.165) is 6.20 Å². The Hall–Kier alpha value is -3.61. The Morgan fingerprint density at radius 2 is 2.07 bits per heavy atom. The normalized spacial score (nSPS) is 10.5. The average Bonchev–Trinajstić information content (AvgIpc) is 3.39. The average molecular weight is 391 g/mol. The lowest BCUT2D eigenvalue weighted by atomic mass is 10.4. The van der Waals surface area contributed by atoms with Crippen LogP contribution in [0, 0.1) is 10.1 Å². The Morgan fingerprint density at radius 3 is 2.74 bits per heavy atom. The van der Waals surface area contributed by atoms with Crippen molar-refractivity contribution in [3.63, 3.8) is 0 Å². The van der Waals surface area contributed by atoms with Crippen LogP contribution in [0.1, 0.15) is 26.2 Å². The summed E-state index contributed by atoms with van der Waals surface area (Å²) in [7, 11) is 0. The molecule has 0 saturated carbocycles. The highest BCUT2D eigenvalue weighted by Gasteiger charge is 2.16. The molecule has 0 spiro atoms. The summed E-state index contributed by atoms with van der Waals surface area (Å²) in [6.45, 7) is 0.431. The lowest BCUT2D eigenvalue weighted by Crippen LogP contribution is -2.34. The van der Waals surface area contributed by atoms with Gasteiger partial charge in [-0.15, -0.1) is 11.3 Å². The summed E-state index contributed by atoms with van der Waals surface area (Å²) >= 11 is 1.32. The number of thiophene rings is 1. The number of aromatic nitrogens is 4. The van der Waals surface area contributed by atoms with Crippen LogP contribution in [0.25, 0.3) is 0 Å². The second-order valence-corrected chi connectivity index (χ2v) is 6.11. The zero-order valence-electron chi connectivity index (χ0n) is 13.7. The first kappa shape index (κ1) is 18.2. The van der Waals surface area contributed by atoms with Crippen LogP contribution < -0.4 is 10.6 Å². The van der Waals surface area contributed by atoms with Crippen molar-refractivity contribution in [3.8, 4) is 0 Å². The lowest BCUT2D eigenvalue weighted by Gasteiger charge is -2.04. The molecule has 0 aliphatic heterocycles. The van der Waals surface area contributed by atoms with Crippen molar-refractivity contribution >= 4 is 28.8 Å². The van der Waals surface area contributed by atoms with Crippen molar-refractivity contribution < 1.29 is 19.0 Å². The predicted octanol–water partition coefficient (Wildman–Crippen LogP) is 0.444. The summed E-state index contributed by atoms with van der Waals surface area (Å²) in [5.74, 6) is -0.918. The first-order valence-corrected chi connectivity index (χ1v) is 8.50. The molecule has 0 saturated heterocycles. The van der Waals surface area contributed by atoms with Gasteiger partial charge < -0.3 is 15.2 Å². The largest absolute Gasteiger partial charge is 0.350 e. The smallest absolute Gasteiger partial charge is 0.316 e. The third-order valence-corrected chi connectivity index (χ3v) is 4.11. The molecule has 0 aliphatic carbocycles. The molecule has 0 fully saturated rings. The van der Waals surface area contributed by atoms with Gasteiger partial charge in [-0.05, 0) is 11.4 Å². The molecule has 12 nitrogen and oxygen atoms in total. The van der Waals surface area contributed by atoms with Crippen LogP contribution in [0.2, 0.25) is 0 Å². The van der Waals surface area contributed by atoms with Gasteiger partial charge in [0, 0.05) is 13.1 Å². The van der Waals surface area contributed by atoms with E-state index < -0.39 is 10.8 Å². The summed E-state index contributed by atoms with van der Waals surface area (Å²) in [6.07, 6.45) is 2.31. The predicted molar refractivity (Wildman–Crippen MR) is 91.3 cm³/mol.